The molecular formula is C29H32N2O4. The molecule has 0 aliphatic heterocycles. The third-order valence-electron chi connectivity index (χ3n) is 6.30. The van der Waals surface area contributed by atoms with Crippen LogP contribution in [-0.4, -0.2) is 35.9 Å². The van der Waals surface area contributed by atoms with Gasteiger partial charge in [-0.05, 0) is 67.8 Å². The van der Waals surface area contributed by atoms with Gasteiger partial charge in [0, 0.05) is 30.1 Å². The number of aromatic carboxylic acids is 1. The van der Waals surface area contributed by atoms with Gasteiger partial charge in [0.05, 0.1) is 19.2 Å². The topological polar surface area (TPSA) is 72.7 Å². The van der Waals surface area contributed by atoms with Gasteiger partial charge in [-0.25, -0.2) is 4.79 Å². The van der Waals surface area contributed by atoms with Gasteiger partial charge in [0.15, 0.2) is 0 Å². The Morgan fingerprint density at radius 3 is 2.46 bits per heavy atom. The maximum absolute atomic E-state index is 12.5. The van der Waals surface area contributed by atoms with Crippen LogP contribution in [0, 0.1) is 6.92 Å². The van der Waals surface area contributed by atoms with Crippen molar-refractivity contribution in [1.82, 2.24) is 9.88 Å². The normalized spacial score (nSPS) is 11.1. The SMILES string of the molecule is CCOc1ccc(CCNCc2c(C(=O)O)n(Cc3ccccc3C)c3cc(OC)ccc23)cc1. The molecule has 0 aliphatic rings. The second-order valence-electron chi connectivity index (χ2n) is 8.53. The van der Waals surface area contributed by atoms with Crippen LogP contribution in [0.5, 0.6) is 11.5 Å². The van der Waals surface area contributed by atoms with Crippen LogP contribution in [0.4, 0.5) is 0 Å². The summed E-state index contributed by atoms with van der Waals surface area (Å²) in [5.41, 5.74) is 5.37. The van der Waals surface area contributed by atoms with Gasteiger partial charge >= 0.3 is 5.97 Å². The van der Waals surface area contributed by atoms with Crippen molar-refractivity contribution in [2.45, 2.75) is 33.4 Å². The van der Waals surface area contributed by atoms with Crippen LogP contribution in [0.25, 0.3) is 10.9 Å². The first-order valence-electron chi connectivity index (χ1n) is 11.9. The quantitative estimate of drug-likeness (QED) is 0.285. The third-order valence-corrected chi connectivity index (χ3v) is 6.30. The molecule has 0 bridgehead atoms. The number of nitrogens with one attached hydrogen (secondary N) is 1. The standard InChI is InChI=1S/C29H32N2O4/c1-4-35-23-11-9-21(10-12-23)15-16-30-18-26-25-14-13-24(34-3)17-27(25)31(28(26)29(32)33)19-22-8-6-5-7-20(22)2/h5-14,17,30H,4,15-16,18-19H2,1-3H3,(H,32,33). The smallest absolute Gasteiger partial charge is 0.352 e. The Morgan fingerprint density at radius 2 is 1.77 bits per heavy atom. The Balaban J connectivity index is 1.60. The van der Waals surface area contributed by atoms with E-state index in [0.717, 1.165) is 46.3 Å². The largest absolute Gasteiger partial charge is 0.497 e. The fraction of sp³-hybridized carbons (Fsp3) is 0.276. The minimum absolute atomic E-state index is 0.310. The lowest BCUT2D eigenvalue weighted by atomic mass is 10.1. The van der Waals surface area contributed by atoms with Crippen molar-refractivity contribution in [3.8, 4) is 11.5 Å². The molecule has 0 unspecified atom stereocenters. The summed E-state index contributed by atoms with van der Waals surface area (Å²) in [6.45, 7) is 6.33. The molecule has 1 heterocycles. The van der Waals surface area contributed by atoms with E-state index in [1.54, 1.807) is 7.11 Å². The number of fused-ring (bicyclic) bond motifs is 1. The molecule has 0 saturated heterocycles. The summed E-state index contributed by atoms with van der Waals surface area (Å²) in [7, 11) is 1.62. The van der Waals surface area contributed by atoms with Gasteiger partial charge in [0.25, 0.3) is 0 Å². The van der Waals surface area contributed by atoms with Crippen molar-refractivity contribution in [2.24, 2.45) is 0 Å². The minimum Gasteiger partial charge on any atom is -0.497 e. The molecule has 0 saturated carbocycles. The Hall–Kier alpha value is -3.77. The first-order valence-corrected chi connectivity index (χ1v) is 11.9. The first kappa shape index (κ1) is 24.4. The lowest BCUT2D eigenvalue weighted by Gasteiger charge is -2.12. The van der Waals surface area contributed by atoms with Crippen molar-refractivity contribution in [3.05, 3.63) is 94.7 Å². The van der Waals surface area contributed by atoms with E-state index < -0.39 is 5.97 Å². The van der Waals surface area contributed by atoms with Crippen molar-refractivity contribution in [2.75, 3.05) is 20.3 Å². The Morgan fingerprint density at radius 1 is 1.03 bits per heavy atom. The molecule has 0 radical (unpaired) electrons. The number of hydrogen-bond donors (Lipinski definition) is 2. The summed E-state index contributed by atoms with van der Waals surface area (Å²) in [5, 5.41) is 14.6. The van der Waals surface area contributed by atoms with E-state index in [2.05, 4.69) is 17.4 Å². The first-order chi connectivity index (χ1) is 17.0. The number of carbonyl (C=O) groups is 1. The molecule has 2 N–H and O–H groups in total. The number of rotatable bonds is 11. The van der Waals surface area contributed by atoms with E-state index in [4.69, 9.17) is 9.47 Å². The average Bonchev–Trinajstić information content (AvgIpc) is 3.17. The van der Waals surface area contributed by atoms with E-state index in [1.165, 1.54) is 5.56 Å². The van der Waals surface area contributed by atoms with Gasteiger partial charge in [0.1, 0.15) is 17.2 Å². The molecule has 0 atom stereocenters. The predicted octanol–water partition coefficient (Wildman–Crippen LogP) is 5.44. The number of hydrogen-bond acceptors (Lipinski definition) is 4. The van der Waals surface area contributed by atoms with Gasteiger partial charge in [-0.3, -0.25) is 0 Å². The zero-order valence-electron chi connectivity index (χ0n) is 20.5. The third kappa shape index (κ3) is 5.49. The van der Waals surface area contributed by atoms with Crippen LogP contribution in [0.1, 0.15) is 39.7 Å². The van der Waals surface area contributed by atoms with Crippen LogP contribution in [0.15, 0.2) is 66.7 Å². The lowest BCUT2D eigenvalue weighted by molar-refractivity contribution is 0.0684. The second kappa shape index (κ2) is 11.1. The second-order valence-corrected chi connectivity index (χ2v) is 8.53. The highest BCUT2D eigenvalue weighted by molar-refractivity contribution is 5.98. The van der Waals surface area contributed by atoms with Gasteiger partial charge in [-0.1, -0.05) is 36.4 Å². The molecule has 0 spiro atoms. The van der Waals surface area contributed by atoms with Crippen LogP contribution in [0.2, 0.25) is 0 Å². The highest BCUT2D eigenvalue weighted by Crippen LogP contribution is 2.31. The van der Waals surface area contributed by atoms with Crippen LogP contribution in [-0.2, 0) is 19.5 Å². The molecule has 1 aromatic heterocycles. The summed E-state index contributed by atoms with van der Waals surface area (Å²) >= 11 is 0. The Kier molecular flexibility index (Phi) is 7.73. The van der Waals surface area contributed by atoms with Gasteiger partial charge < -0.3 is 24.5 Å². The number of ether oxygens (including phenoxy) is 2. The molecule has 0 amide bonds. The molecule has 4 rings (SSSR count). The Labute approximate surface area is 206 Å². The minimum atomic E-state index is -0.933. The van der Waals surface area contributed by atoms with E-state index in [-0.39, 0.29) is 0 Å². The maximum Gasteiger partial charge on any atom is 0.352 e. The van der Waals surface area contributed by atoms with Crippen molar-refractivity contribution < 1.29 is 19.4 Å². The number of nitrogens with zero attached hydrogens (tertiary/aromatic N) is 1. The highest BCUT2D eigenvalue weighted by atomic mass is 16.5. The van der Waals surface area contributed by atoms with Crippen molar-refractivity contribution >= 4 is 16.9 Å². The van der Waals surface area contributed by atoms with Crippen molar-refractivity contribution in [1.29, 1.82) is 0 Å². The summed E-state index contributed by atoms with van der Waals surface area (Å²) in [6, 6.07) is 21.9. The molecular weight excluding hydrogens is 440 g/mol. The molecule has 3 aromatic carbocycles. The number of aromatic nitrogens is 1. The van der Waals surface area contributed by atoms with Crippen LogP contribution >= 0.6 is 0 Å². The molecule has 0 fully saturated rings. The Bertz CT molecular complexity index is 1310. The number of methoxy groups -OCH3 is 1. The van der Waals surface area contributed by atoms with Crippen LogP contribution < -0.4 is 14.8 Å². The van der Waals surface area contributed by atoms with Gasteiger partial charge in [-0.15, -0.1) is 0 Å². The van der Waals surface area contributed by atoms with E-state index in [9.17, 15) is 9.90 Å². The molecule has 4 aromatic rings. The molecule has 0 aliphatic carbocycles. The zero-order valence-corrected chi connectivity index (χ0v) is 20.5. The molecule has 35 heavy (non-hydrogen) atoms. The summed E-state index contributed by atoms with van der Waals surface area (Å²) in [6.07, 6.45) is 0.838. The predicted molar refractivity (Wildman–Crippen MR) is 139 cm³/mol. The monoisotopic (exact) mass is 472 g/mol. The summed E-state index contributed by atoms with van der Waals surface area (Å²) < 4.78 is 12.8. The van der Waals surface area contributed by atoms with E-state index >= 15 is 0 Å². The highest BCUT2D eigenvalue weighted by Gasteiger charge is 2.23. The fourth-order valence-corrected chi connectivity index (χ4v) is 4.44. The molecule has 182 valence electrons. The maximum atomic E-state index is 12.5. The van der Waals surface area contributed by atoms with E-state index in [0.29, 0.717) is 31.1 Å². The van der Waals surface area contributed by atoms with Gasteiger partial charge in [0.2, 0.25) is 0 Å². The van der Waals surface area contributed by atoms with Crippen LogP contribution in [0.3, 0.4) is 0 Å². The molecule has 6 nitrogen and oxygen atoms in total. The zero-order chi connectivity index (χ0) is 24.8. The lowest BCUT2D eigenvalue weighted by Crippen LogP contribution is -2.19. The number of carboxylic acid groups (broad SMARTS) is 1. The fourth-order valence-electron chi connectivity index (χ4n) is 4.44. The number of aryl methyl sites for hydroxylation is 1. The summed E-state index contributed by atoms with van der Waals surface area (Å²) in [5.74, 6) is 0.636. The van der Waals surface area contributed by atoms with Crippen molar-refractivity contribution in [3.63, 3.8) is 0 Å². The van der Waals surface area contributed by atoms with E-state index in [1.807, 2.05) is 73.0 Å². The molecule has 6 heteroatoms. The summed E-state index contributed by atoms with van der Waals surface area (Å²) in [4.78, 5) is 12.5. The number of carboxylic acids is 1. The number of benzene rings is 3. The average molecular weight is 473 g/mol. The van der Waals surface area contributed by atoms with Gasteiger partial charge in [-0.2, -0.15) is 0 Å².